The van der Waals surface area contributed by atoms with Crippen molar-refractivity contribution in [1.82, 2.24) is 5.16 Å². The van der Waals surface area contributed by atoms with E-state index in [9.17, 15) is 9.59 Å². The van der Waals surface area contributed by atoms with Crippen molar-refractivity contribution in [3.63, 3.8) is 0 Å². The highest BCUT2D eigenvalue weighted by molar-refractivity contribution is 5.87. The number of carbonyl (C=O) groups is 2. The number of ether oxygens (including phenoxy) is 1. The summed E-state index contributed by atoms with van der Waals surface area (Å²) < 4.78 is 10.6. The van der Waals surface area contributed by atoms with E-state index >= 15 is 0 Å². The smallest absolute Gasteiger partial charge is 0.316 e. The second-order valence-electron chi connectivity index (χ2n) is 7.60. The van der Waals surface area contributed by atoms with Crippen LogP contribution in [0.2, 0.25) is 0 Å². The van der Waals surface area contributed by atoms with Crippen LogP contribution in [-0.2, 0) is 26.2 Å². The molecule has 0 radical (unpaired) electrons. The molecule has 2 aromatic carbocycles. The Morgan fingerprint density at radius 3 is 2.13 bits per heavy atom. The average molecular weight is 405 g/mol. The van der Waals surface area contributed by atoms with Crippen LogP contribution < -0.4 is 0 Å². The van der Waals surface area contributed by atoms with E-state index in [0.29, 0.717) is 23.6 Å². The van der Waals surface area contributed by atoms with E-state index in [1.54, 1.807) is 6.92 Å². The molecule has 6 nitrogen and oxygen atoms in total. The maximum atomic E-state index is 12.3. The van der Waals surface area contributed by atoms with Gasteiger partial charge in [-0.05, 0) is 43.4 Å². The van der Waals surface area contributed by atoms with E-state index in [4.69, 9.17) is 14.4 Å². The second-order valence-corrected chi connectivity index (χ2v) is 7.60. The third kappa shape index (κ3) is 3.61. The first kappa shape index (κ1) is 19.9. The summed E-state index contributed by atoms with van der Waals surface area (Å²) in [5.74, 6) is -0.570. The predicted octanol–water partition coefficient (Wildman–Crippen LogP) is 4.54. The number of hydrogen-bond acceptors (Lipinski definition) is 5. The molecule has 0 atom stereocenters. The predicted molar refractivity (Wildman–Crippen MR) is 111 cm³/mol. The zero-order valence-electron chi connectivity index (χ0n) is 17.0. The second kappa shape index (κ2) is 7.78. The number of esters is 1. The lowest BCUT2D eigenvalue weighted by atomic mass is 9.93. The molecule has 0 aliphatic heterocycles. The minimum atomic E-state index is -0.921. The largest absolute Gasteiger partial charge is 0.481 e. The molecule has 4 rings (SSSR count). The van der Waals surface area contributed by atoms with Gasteiger partial charge in [-0.25, -0.2) is 0 Å². The highest BCUT2D eigenvalue weighted by Gasteiger charge is 2.52. The number of aromatic nitrogens is 1. The Labute approximate surface area is 174 Å². The number of rotatable bonds is 7. The van der Waals surface area contributed by atoms with Gasteiger partial charge in [0.2, 0.25) is 0 Å². The highest BCUT2D eigenvalue weighted by atomic mass is 16.5. The molecule has 1 N–H and O–H groups in total. The molecule has 0 saturated heterocycles. The van der Waals surface area contributed by atoms with E-state index < -0.39 is 11.4 Å². The highest BCUT2D eigenvalue weighted by Crippen LogP contribution is 2.49. The molecular formula is C24H23NO5. The molecule has 6 heteroatoms. The summed E-state index contributed by atoms with van der Waals surface area (Å²) in [6.45, 7) is 3.96. The molecule has 30 heavy (non-hydrogen) atoms. The molecule has 0 bridgehead atoms. The first-order valence-electron chi connectivity index (χ1n) is 10.00. The van der Waals surface area contributed by atoms with Gasteiger partial charge in [0.1, 0.15) is 0 Å². The van der Waals surface area contributed by atoms with Crippen LogP contribution in [0.25, 0.3) is 22.5 Å². The molecule has 1 aliphatic rings. The number of aryl methyl sites for hydroxylation is 1. The molecule has 0 spiro atoms. The van der Waals surface area contributed by atoms with Crippen molar-refractivity contribution < 1.29 is 24.0 Å². The molecule has 1 heterocycles. The normalized spacial score (nSPS) is 14.3. The van der Waals surface area contributed by atoms with Gasteiger partial charge in [-0.1, -0.05) is 53.7 Å². The van der Waals surface area contributed by atoms with E-state index in [0.717, 1.165) is 35.1 Å². The van der Waals surface area contributed by atoms with E-state index in [-0.39, 0.29) is 12.4 Å². The van der Waals surface area contributed by atoms with Crippen molar-refractivity contribution >= 4 is 11.9 Å². The van der Waals surface area contributed by atoms with Gasteiger partial charge in [-0.2, -0.15) is 0 Å². The Morgan fingerprint density at radius 1 is 1.03 bits per heavy atom. The van der Waals surface area contributed by atoms with E-state index in [1.165, 1.54) is 0 Å². The van der Waals surface area contributed by atoms with E-state index in [1.807, 2.05) is 55.5 Å². The fourth-order valence-corrected chi connectivity index (χ4v) is 3.78. The summed E-state index contributed by atoms with van der Waals surface area (Å²) >= 11 is 0. The van der Waals surface area contributed by atoms with Crippen molar-refractivity contribution in [3.05, 3.63) is 65.4 Å². The summed E-state index contributed by atoms with van der Waals surface area (Å²) in [4.78, 5) is 23.4. The number of carboxylic acids is 1. The van der Waals surface area contributed by atoms with Crippen molar-refractivity contribution in [1.29, 1.82) is 0 Å². The van der Waals surface area contributed by atoms with Crippen molar-refractivity contribution in [2.75, 3.05) is 6.61 Å². The summed E-state index contributed by atoms with van der Waals surface area (Å²) in [5.41, 5.74) is 4.54. The quantitative estimate of drug-likeness (QED) is 0.581. The molecule has 3 aromatic rings. The van der Waals surface area contributed by atoms with Gasteiger partial charge in [-0.3, -0.25) is 9.59 Å². The lowest BCUT2D eigenvalue weighted by Crippen LogP contribution is -2.23. The fraction of sp³-hybridized carbons (Fsp3) is 0.292. The number of benzene rings is 2. The lowest BCUT2D eigenvalue weighted by Gasteiger charge is -2.14. The lowest BCUT2D eigenvalue weighted by molar-refractivity contribution is -0.146. The molecule has 0 unspecified atom stereocenters. The third-order valence-electron chi connectivity index (χ3n) is 5.65. The molecule has 1 fully saturated rings. The number of aliphatic carboxylic acids is 1. The maximum absolute atomic E-state index is 12.3. The maximum Gasteiger partial charge on any atom is 0.316 e. The minimum absolute atomic E-state index is 0.129. The number of carboxylic acid groups (broad SMARTS) is 1. The van der Waals surface area contributed by atoms with Gasteiger partial charge < -0.3 is 14.4 Å². The van der Waals surface area contributed by atoms with E-state index in [2.05, 4.69) is 5.16 Å². The topological polar surface area (TPSA) is 89.6 Å². The summed E-state index contributed by atoms with van der Waals surface area (Å²) in [6, 6.07) is 15.7. The summed E-state index contributed by atoms with van der Waals surface area (Å²) in [6.07, 6.45) is 1.53. The monoisotopic (exact) mass is 405 g/mol. The molecule has 1 saturated carbocycles. The van der Waals surface area contributed by atoms with Crippen molar-refractivity contribution in [3.8, 4) is 22.5 Å². The molecule has 0 amide bonds. The standard InChI is InChI=1S/C24H23NO5/c1-3-29-23(28)24(12-13-24)19-10-8-17(9-11-19)16-4-6-18(7-5-16)22-20(14-21(26)27)15(2)25-30-22/h4-11H,3,12-14H2,1-2H3,(H,26,27). The third-order valence-corrected chi connectivity index (χ3v) is 5.65. The van der Waals surface area contributed by atoms with Gasteiger partial charge in [0.25, 0.3) is 0 Å². The molecule has 1 aliphatic carbocycles. The summed E-state index contributed by atoms with van der Waals surface area (Å²) in [5, 5.41) is 13.0. The Hall–Kier alpha value is -3.41. The number of nitrogens with zero attached hydrogens (tertiary/aromatic N) is 1. The van der Waals surface area contributed by atoms with Crippen molar-refractivity contribution in [2.45, 2.75) is 38.5 Å². The molecular weight excluding hydrogens is 382 g/mol. The van der Waals surface area contributed by atoms with Crippen LogP contribution in [-0.4, -0.2) is 28.8 Å². The van der Waals surface area contributed by atoms with Crippen LogP contribution in [0.1, 0.15) is 36.6 Å². The Balaban J connectivity index is 1.56. The zero-order valence-corrected chi connectivity index (χ0v) is 17.0. The van der Waals surface area contributed by atoms with Crippen LogP contribution in [0.15, 0.2) is 53.1 Å². The fourth-order valence-electron chi connectivity index (χ4n) is 3.78. The van der Waals surface area contributed by atoms with Crippen LogP contribution in [0.4, 0.5) is 0 Å². The van der Waals surface area contributed by atoms with Crippen LogP contribution in [0.3, 0.4) is 0 Å². The Kier molecular flexibility index (Phi) is 5.16. The van der Waals surface area contributed by atoms with Crippen LogP contribution in [0, 0.1) is 6.92 Å². The molecule has 154 valence electrons. The van der Waals surface area contributed by atoms with Crippen molar-refractivity contribution in [2.24, 2.45) is 0 Å². The SMILES string of the molecule is CCOC(=O)C1(c2ccc(-c3ccc(-c4onc(C)c4CC(=O)O)cc3)cc2)CC1. The van der Waals surface area contributed by atoms with Gasteiger partial charge >= 0.3 is 11.9 Å². The average Bonchev–Trinajstić information content (AvgIpc) is 3.48. The zero-order chi connectivity index (χ0) is 21.3. The van der Waals surface area contributed by atoms with Gasteiger partial charge in [0.15, 0.2) is 5.76 Å². The summed E-state index contributed by atoms with van der Waals surface area (Å²) in [7, 11) is 0. The van der Waals surface area contributed by atoms with Gasteiger partial charge in [-0.15, -0.1) is 0 Å². The van der Waals surface area contributed by atoms with Crippen LogP contribution >= 0.6 is 0 Å². The number of hydrogen-bond donors (Lipinski definition) is 1. The Bertz CT molecular complexity index is 1080. The molecule has 1 aromatic heterocycles. The minimum Gasteiger partial charge on any atom is -0.481 e. The Morgan fingerprint density at radius 2 is 1.60 bits per heavy atom. The number of carbonyl (C=O) groups excluding carboxylic acids is 1. The van der Waals surface area contributed by atoms with Gasteiger partial charge in [0.05, 0.1) is 24.1 Å². The first-order valence-corrected chi connectivity index (χ1v) is 10.00. The first-order chi connectivity index (χ1) is 14.4. The van der Waals surface area contributed by atoms with Gasteiger partial charge in [0, 0.05) is 11.1 Å². The van der Waals surface area contributed by atoms with Crippen LogP contribution in [0.5, 0.6) is 0 Å².